The zero-order valence-corrected chi connectivity index (χ0v) is 35.4. The number of aromatic nitrogens is 1. The molecule has 267 valence electrons. The maximum Gasteiger partial charge on any atom is 0.510 e. The largest absolute Gasteiger partial charge is 0.510 e. The lowest BCUT2D eigenvalue weighted by Crippen LogP contribution is -2.49. The second-order valence-corrected chi connectivity index (χ2v) is 29.0. The lowest BCUT2D eigenvalue weighted by Gasteiger charge is -2.38. The predicted octanol–water partition coefficient (Wildman–Crippen LogP) is 10.3. The highest BCUT2D eigenvalue weighted by atomic mass is 32.1. The lowest BCUT2D eigenvalue weighted by atomic mass is 10.2. The number of rotatable bonds is 17. The third-order valence-corrected chi connectivity index (χ3v) is 23.6. The highest BCUT2D eigenvalue weighted by molar-refractivity contribution is 7.19. The third kappa shape index (κ3) is 9.91. The number of hydrogen-bond donors (Lipinski definition) is 0. The van der Waals surface area contributed by atoms with Gasteiger partial charge in [0.1, 0.15) is 5.01 Å². The molecule has 0 aliphatic carbocycles. The molecule has 0 fully saturated rings. The van der Waals surface area contributed by atoms with E-state index >= 15 is 0 Å². The van der Waals surface area contributed by atoms with Crippen molar-refractivity contribution in [1.82, 2.24) is 4.98 Å². The van der Waals surface area contributed by atoms with Crippen LogP contribution < -0.4 is 4.90 Å². The summed E-state index contributed by atoms with van der Waals surface area (Å²) < 4.78 is 31.3. The van der Waals surface area contributed by atoms with Gasteiger partial charge in [0.15, 0.2) is 16.6 Å². The maximum atomic E-state index is 6.55. The van der Waals surface area contributed by atoms with E-state index in [4.69, 9.17) is 27.1 Å². The zero-order chi connectivity index (χ0) is 36.0. The Kier molecular flexibility index (Phi) is 13.9. The highest BCUT2D eigenvalue weighted by Crippen LogP contribution is 2.39. The SMILES string of the molecule is [CH2]CC(c1nc2ccc(N=Nc3ccc(N(CCO[Si](C)(C)C(C)(C)C)CCO[Si](C)(C)C(C)(C)C)cc3)cc2s1)[Si](OC)(OC)OC. The van der Waals surface area contributed by atoms with Crippen molar-refractivity contribution in [2.45, 2.75) is 89.8 Å². The molecule has 0 aliphatic rings. The zero-order valence-electron chi connectivity index (χ0n) is 31.6. The monoisotopic (exact) mass is 731 g/mol. The van der Waals surface area contributed by atoms with Gasteiger partial charge in [-0.15, -0.1) is 11.3 Å². The minimum Gasteiger partial charge on any atom is -0.415 e. The van der Waals surface area contributed by atoms with Crippen LogP contribution in [0.4, 0.5) is 17.1 Å². The van der Waals surface area contributed by atoms with Crippen molar-refractivity contribution in [3.63, 3.8) is 0 Å². The van der Waals surface area contributed by atoms with Crippen molar-refractivity contribution >= 4 is 64.1 Å². The van der Waals surface area contributed by atoms with E-state index < -0.39 is 25.4 Å². The van der Waals surface area contributed by atoms with E-state index in [1.54, 1.807) is 32.7 Å². The van der Waals surface area contributed by atoms with E-state index in [0.717, 1.165) is 45.4 Å². The summed E-state index contributed by atoms with van der Waals surface area (Å²) >= 11 is 1.58. The third-order valence-electron chi connectivity index (χ3n) is 10.0. The number of thiazole rings is 1. The van der Waals surface area contributed by atoms with Crippen LogP contribution in [-0.2, 0) is 22.1 Å². The summed E-state index contributed by atoms with van der Waals surface area (Å²) in [6.45, 7) is 30.0. The lowest BCUT2D eigenvalue weighted by molar-refractivity contribution is 0.112. The van der Waals surface area contributed by atoms with Gasteiger partial charge in [0, 0.05) is 40.1 Å². The topological polar surface area (TPSA) is 87.0 Å². The molecule has 0 saturated carbocycles. The Morgan fingerprint density at radius 3 is 1.71 bits per heavy atom. The molecule has 2 aromatic carbocycles. The van der Waals surface area contributed by atoms with Gasteiger partial charge in [0.25, 0.3) is 0 Å². The molecule has 3 rings (SSSR count). The molecule has 13 heteroatoms. The van der Waals surface area contributed by atoms with Gasteiger partial charge in [0.2, 0.25) is 0 Å². The summed E-state index contributed by atoms with van der Waals surface area (Å²) in [5.41, 5.74) is 3.39. The molecule has 0 saturated heterocycles. The molecule has 1 radical (unpaired) electrons. The quantitative estimate of drug-likeness (QED) is 0.101. The van der Waals surface area contributed by atoms with Crippen LogP contribution in [0.3, 0.4) is 0 Å². The number of anilines is 1. The normalized spacial score (nSPS) is 14.3. The van der Waals surface area contributed by atoms with Crippen molar-refractivity contribution in [2.75, 3.05) is 52.5 Å². The molecular formula is C35H59N4O5SSi3. The van der Waals surface area contributed by atoms with Gasteiger partial charge >= 0.3 is 8.80 Å². The van der Waals surface area contributed by atoms with Gasteiger partial charge in [-0.1, -0.05) is 48.5 Å². The van der Waals surface area contributed by atoms with Crippen molar-refractivity contribution < 1.29 is 22.1 Å². The Balaban J connectivity index is 1.77. The van der Waals surface area contributed by atoms with E-state index in [1.165, 1.54) is 0 Å². The fourth-order valence-corrected chi connectivity index (χ4v) is 10.5. The summed E-state index contributed by atoms with van der Waals surface area (Å²) in [4.78, 5) is 7.22. The fourth-order valence-electron chi connectivity index (χ4n) is 4.74. The molecule has 3 aromatic rings. The van der Waals surface area contributed by atoms with Crippen LogP contribution in [0.5, 0.6) is 0 Å². The van der Waals surface area contributed by atoms with E-state index in [0.29, 0.717) is 19.6 Å². The number of hydrogen-bond acceptors (Lipinski definition) is 10. The Morgan fingerprint density at radius 1 is 0.771 bits per heavy atom. The molecular weight excluding hydrogens is 673 g/mol. The summed E-state index contributed by atoms with van der Waals surface area (Å²) in [5, 5.41) is 10.3. The Hall–Kier alpha value is -1.82. The minimum absolute atomic E-state index is 0.157. The number of nitrogens with zero attached hydrogens (tertiary/aromatic N) is 4. The Labute approximate surface area is 297 Å². The molecule has 9 nitrogen and oxygen atoms in total. The molecule has 1 atom stereocenters. The first-order chi connectivity index (χ1) is 22.3. The predicted molar refractivity (Wildman–Crippen MR) is 208 cm³/mol. The van der Waals surface area contributed by atoms with Crippen LogP contribution in [0.2, 0.25) is 36.3 Å². The average Bonchev–Trinajstić information content (AvgIpc) is 3.44. The van der Waals surface area contributed by atoms with Crippen molar-refractivity contribution in [2.24, 2.45) is 10.2 Å². The van der Waals surface area contributed by atoms with Crippen LogP contribution >= 0.6 is 11.3 Å². The molecule has 1 unspecified atom stereocenters. The van der Waals surface area contributed by atoms with E-state index in [2.05, 4.69) is 102 Å². The molecule has 0 amide bonds. The summed E-state index contributed by atoms with van der Waals surface area (Å²) in [6, 6.07) is 14.2. The van der Waals surface area contributed by atoms with Crippen LogP contribution in [0.1, 0.15) is 58.5 Å². The van der Waals surface area contributed by atoms with Crippen LogP contribution in [0.25, 0.3) is 10.2 Å². The average molecular weight is 732 g/mol. The molecule has 0 bridgehead atoms. The first kappa shape index (κ1) is 40.6. The van der Waals surface area contributed by atoms with E-state index in [9.17, 15) is 0 Å². The van der Waals surface area contributed by atoms with Gasteiger partial charge < -0.3 is 27.0 Å². The fraction of sp³-hybridized carbons (Fsp3) is 0.600. The number of azo groups is 1. The Bertz CT molecular complexity index is 1440. The molecule has 0 N–H and O–H groups in total. The summed E-state index contributed by atoms with van der Waals surface area (Å²) in [6.07, 6.45) is 0.550. The molecule has 48 heavy (non-hydrogen) atoms. The summed E-state index contributed by atoms with van der Waals surface area (Å²) in [7, 11) is -1.80. The molecule has 1 heterocycles. The highest BCUT2D eigenvalue weighted by Gasteiger charge is 2.49. The van der Waals surface area contributed by atoms with Gasteiger partial charge in [-0.3, -0.25) is 0 Å². The second-order valence-electron chi connectivity index (χ2n) is 15.2. The number of fused-ring (bicyclic) bond motifs is 1. The first-order valence-electron chi connectivity index (χ1n) is 16.7. The molecule has 0 spiro atoms. The second kappa shape index (κ2) is 16.5. The van der Waals surface area contributed by atoms with E-state index in [-0.39, 0.29) is 15.6 Å². The maximum absolute atomic E-state index is 6.55. The first-order valence-corrected chi connectivity index (χ1v) is 25.2. The Morgan fingerprint density at radius 2 is 1.25 bits per heavy atom. The van der Waals surface area contributed by atoms with Crippen LogP contribution in [-0.4, -0.2) is 78.1 Å². The van der Waals surface area contributed by atoms with Crippen molar-refractivity contribution in [3.05, 3.63) is 54.4 Å². The van der Waals surface area contributed by atoms with Gasteiger partial charge in [-0.25, -0.2) is 4.98 Å². The molecule has 1 aromatic heterocycles. The standard InChI is InChI=1S/C35H59N4O5SSi3/c1-15-32(48(40-8,41-9)42-10)33-36-30-21-18-28(26-31(30)45-33)38-37-27-16-19-29(20-17-27)39(22-24-43-46(11,12)34(2,3)4)23-25-44-47(13,14)35(5,6)7/h16-21,26,32H,1,15,22-25H2,2-14H3. The van der Waals surface area contributed by atoms with Crippen LogP contribution in [0, 0.1) is 6.92 Å². The van der Waals surface area contributed by atoms with Gasteiger partial charge in [-0.2, -0.15) is 10.2 Å². The van der Waals surface area contributed by atoms with E-state index in [1.807, 2.05) is 30.3 Å². The van der Waals surface area contributed by atoms with Crippen LogP contribution in [0.15, 0.2) is 52.7 Å². The van der Waals surface area contributed by atoms with Gasteiger partial charge in [0.05, 0.1) is 40.3 Å². The van der Waals surface area contributed by atoms with Gasteiger partial charge in [-0.05, 0) is 85.1 Å². The summed E-state index contributed by atoms with van der Waals surface area (Å²) in [5.74, 6) is 0. The minimum atomic E-state index is -2.95. The smallest absolute Gasteiger partial charge is 0.415 e. The molecule has 0 aliphatic heterocycles. The number of benzene rings is 2. The van der Waals surface area contributed by atoms with Crippen molar-refractivity contribution in [3.8, 4) is 0 Å². The van der Waals surface area contributed by atoms with Crippen molar-refractivity contribution in [1.29, 1.82) is 0 Å².